The summed E-state index contributed by atoms with van der Waals surface area (Å²) in [6.45, 7) is 1.81. The van der Waals surface area contributed by atoms with E-state index in [1.54, 1.807) is 24.3 Å². The average molecular weight is 327 g/mol. The number of rotatable bonds is 7. The Bertz CT molecular complexity index is 479. The summed E-state index contributed by atoms with van der Waals surface area (Å²) in [6.07, 6.45) is 0.458. The Kier molecular flexibility index (Phi) is 5.89. The van der Waals surface area contributed by atoms with Gasteiger partial charge in [0.15, 0.2) is 0 Å². The van der Waals surface area contributed by atoms with Crippen LogP contribution in [0.4, 0.5) is 0 Å². The maximum Gasteiger partial charge on any atom is 0.303 e. The number of Topliss-reactive ketones (excluding diaryl/α,β-unsaturated/α-hetero) is 2. The van der Waals surface area contributed by atoms with Crippen molar-refractivity contribution in [2.75, 3.05) is 0 Å². The first-order valence-corrected chi connectivity index (χ1v) is 6.78. The van der Waals surface area contributed by atoms with Crippen LogP contribution in [0, 0.1) is 5.92 Å². The lowest BCUT2D eigenvalue weighted by molar-refractivity contribution is -0.138. The van der Waals surface area contributed by atoms with Crippen molar-refractivity contribution in [2.24, 2.45) is 5.92 Å². The van der Waals surface area contributed by atoms with Crippen LogP contribution in [0.3, 0.4) is 0 Å². The van der Waals surface area contributed by atoms with E-state index in [4.69, 9.17) is 5.11 Å². The van der Waals surface area contributed by atoms with Gasteiger partial charge in [0.2, 0.25) is 11.6 Å². The summed E-state index contributed by atoms with van der Waals surface area (Å²) in [5.74, 6) is -2.33. The zero-order chi connectivity index (χ0) is 14.4. The molecule has 0 fully saturated rings. The SMILES string of the molecule is CCC(CC(=O)O)CC(=O)C(=O)c1ccc(Br)cc1. The Hall–Kier alpha value is -1.49. The third-order valence-corrected chi connectivity index (χ3v) is 3.40. The van der Waals surface area contributed by atoms with Crippen molar-refractivity contribution in [2.45, 2.75) is 26.2 Å². The van der Waals surface area contributed by atoms with E-state index in [1.165, 1.54) is 0 Å². The van der Waals surface area contributed by atoms with Crippen LogP contribution in [0.25, 0.3) is 0 Å². The zero-order valence-corrected chi connectivity index (χ0v) is 12.1. The van der Waals surface area contributed by atoms with Gasteiger partial charge in [-0.15, -0.1) is 0 Å². The number of ketones is 2. The summed E-state index contributed by atoms with van der Waals surface area (Å²) in [5, 5.41) is 8.71. The molecule has 0 radical (unpaired) electrons. The third-order valence-electron chi connectivity index (χ3n) is 2.87. The van der Waals surface area contributed by atoms with Gasteiger partial charge in [0.05, 0.1) is 0 Å². The summed E-state index contributed by atoms with van der Waals surface area (Å²) >= 11 is 3.25. The summed E-state index contributed by atoms with van der Waals surface area (Å²) in [7, 11) is 0. The lowest BCUT2D eigenvalue weighted by Crippen LogP contribution is -2.19. The number of hydrogen-bond donors (Lipinski definition) is 1. The first-order valence-electron chi connectivity index (χ1n) is 5.99. The van der Waals surface area contributed by atoms with Gasteiger partial charge in [-0.05, 0) is 30.2 Å². The van der Waals surface area contributed by atoms with Gasteiger partial charge in [0.1, 0.15) is 0 Å². The summed E-state index contributed by atoms with van der Waals surface area (Å²) in [5.41, 5.74) is 0.332. The average Bonchev–Trinajstić information content (AvgIpc) is 2.37. The molecule has 0 saturated heterocycles. The fourth-order valence-corrected chi connectivity index (χ4v) is 1.99. The van der Waals surface area contributed by atoms with Crippen LogP contribution in [-0.4, -0.2) is 22.6 Å². The van der Waals surface area contributed by atoms with Gasteiger partial charge >= 0.3 is 5.97 Å². The molecule has 0 aliphatic rings. The van der Waals surface area contributed by atoms with Gasteiger partial charge in [0, 0.05) is 22.9 Å². The molecule has 0 bridgehead atoms. The van der Waals surface area contributed by atoms with Crippen LogP contribution in [-0.2, 0) is 9.59 Å². The fourth-order valence-electron chi connectivity index (χ4n) is 1.72. The summed E-state index contributed by atoms with van der Waals surface area (Å²) in [4.78, 5) is 34.3. The highest BCUT2D eigenvalue weighted by Crippen LogP contribution is 2.16. The van der Waals surface area contributed by atoms with E-state index in [9.17, 15) is 14.4 Å². The normalized spacial score (nSPS) is 11.9. The van der Waals surface area contributed by atoms with Gasteiger partial charge in [-0.3, -0.25) is 14.4 Å². The number of carbonyl (C=O) groups excluding carboxylic acids is 2. The molecule has 0 aromatic heterocycles. The van der Waals surface area contributed by atoms with Crippen LogP contribution in [0.5, 0.6) is 0 Å². The van der Waals surface area contributed by atoms with Crippen molar-refractivity contribution in [1.29, 1.82) is 0 Å². The Morgan fingerprint density at radius 3 is 2.21 bits per heavy atom. The predicted octanol–water partition coefficient (Wildman–Crippen LogP) is 3.09. The Morgan fingerprint density at radius 2 is 1.74 bits per heavy atom. The molecule has 1 unspecified atom stereocenters. The standard InChI is InChI=1S/C14H15BrO4/c1-2-9(8-13(17)18)7-12(16)14(19)10-3-5-11(15)6-4-10/h3-6,9H,2,7-8H2,1H3,(H,17,18). The molecule has 102 valence electrons. The Morgan fingerprint density at radius 1 is 1.16 bits per heavy atom. The van der Waals surface area contributed by atoms with Gasteiger partial charge in [-0.1, -0.05) is 29.3 Å². The highest BCUT2D eigenvalue weighted by Gasteiger charge is 2.21. The summed E-state index contributed by atoms with van der Waals surface area (Å²) in [6, 6.07) is 6.52. The third kappa shape index (κ3) is 4.95. The van der Waals surface area contributed by atoms with Crippen molar-refractivity contribution in [3.8, 4) is 0 Å². The van der Waals surface area contributed by atoms with Crippen LogP contribution in [0.2, 0.25) is 0 Å². The van der Waals surface area contributed by atoms with E-state index in [2.05, 4.69) is 15.9 Å². The minimum atomic E-state index is -0.948. The molecule has 4 nitrogen and oxygen atoms in total. The van der Waals surface area contributed by atoms with Crippen molar-refractivity contribution < 1.29 is 19.5 Å². The van der Waals surface area contributed by atoms with Crippen molar-refractivity contribution in [3.63, 3.8) is 0 Å². The maximum atomic E-state index is 11.9. The molecule has 1 atom stereocenters. The number of carboxylic acids is 1. The van der Waals surface area contributed by atoms with Crippen LogP contribution < -0.4 is 0 Å². The van der Waals surface area contributed by atoms with Gasteiger partial charge in [0.25, 0.3) is 0 Å². The molecule has 0 heterocycles. The minimum absolute atomic E-state index is 0.0162. The Labute approximate surface area is 119 Å². The molecule has 0 amide bonds. The second-order valence-electron chi connectivity index (χ2n) is 4.34. The molecular weight excluding hydrogens is 312 g/mol. The topological polar surface area (TPSA) is 71.4 Å². The molecule has 1 aromatic rings. The highest BCUT2D eigenvalue weighted by molar-refractivity contribution is 9.10. The van der Waals surface area contributed by atoms with E-state index >= 15 is 0 Å². The largest absolute Gasteiger partial charge is 0.481 e. The van der Waals surface area contributed by atoms with Gasteiger partial charge in [-0.2, -0.15) is 0 Å². The number of aliphatic carboxylic acids is 1. The number of hydrogen-bond acceptors (Lipinski definition) is 3. The highest BCUT2D eigenvalue weighted by atomic mass is 79.9. The summed E-state index contributed by atoms with van der Waals surface area (Å²) < 4.78 is 0.828. The molecule has 19 heavy (non-hydrogen) atoms. The Balaban J connectivity index is 2.69. The lowest BCUT2D eigenvalue weighted by Gasteiger charge is -2.10. The van der Waals surface area contributed by atoms with Crippen molar-refractivity contribution in [3.05, 3.63) is 34.3 Å². The first-order chi connectivity index (χ1) is 8.93. The quantitative estimate of drug-likeness (QED) is 0.617. The molecule has 1 aromatic carbocycles. The van der Waals surface area contributed by atoms with E-state index in [-0.39, 0.29) is 18.8 Å². The maximum absolute atomic E-state index is 11.9. The molecule has 0 aliphatic carbocycles. The molecule has 0 saturated carbocycles. The molecule has 0 spiro atoms. The van der Waals surface area contributed by atoms with Crippen LogP contribution in [0.15, 0.2) is 28.7 Å². The lowest BCUT2D eigenvalue weighted by atomic mass is 9.93. The smallest absolute Gasteiger partial charge is 0.303 e. The number of carboxylic acid groups (broad SMARTS) is 1. The second-order valence-corrected chi connectivity index (χ2v) is 5.25. The molecular formula is C14H15BrO4. The first kappa shape index (κ1) is 15.6. The van der Waals surface area contributed by atoms with Crippen molar-refractivity contribution >= 4 is 33.5 Å². The van der Waals surface area contributed by atoms with E-state index in [1.807, 2.05) is 6.92 Å². The monoisotopic (exact) mass is 326 g/mol. The molecule has 1 N–H and O–H groups in total. The molecule has 5 heteroatoms. The minimum Gasteiger partial charge on any atom is -0.481 e. The van der Waals surface area contributed by atoms with E-state index < -0.39 is 17.5 Å². The number of carbonyl (C=O) groups is 3. The fraction of sp³-hybridized carbons (Fsp3) is 0.357. The zero-order valence-electron chi connectivity index (χ0n) is 10.6. The van der Waals surface area contributed by atoms with Crippen LogP contribution >= 0.6 is 15.9 Å². The van der Waals surface area contributed by atoms with Crippen LogP contribution in [0.1, 0.15) is 36.5 Å². The number of benzene rings is 1. The van der Waals surface area contributed by atoms with E-state index in [0.29, 0.717) is 12.0 Å². The van der Waals surface area contributed by atoms with Gasteiger partial charge in [-0.25, -0.2) is 0 Å². The van der Waals surface area contributed by atoms with E-state index in [0.717, 1.165) is 4.47 Å². The van der Waals surface area contributed by atoms with Gasteiger partial charge < -0.3 is 5.11 Å². The molecule has 1 rings (SSSR count). The predicted molar refractivity (Wildman–Crippen MR) is 74.1 cm³/mol. The number of halogens is 1. The molecule has 0 aliphatic heterocycles. The second kappa shape index (κ2) is 7.19. The van der Waals surface area contributed by atoms with Crippen molar-refractivity contribution in [1.82, 2.24) is 0 Å².